The normalized spacial score (nSPS) is 23.0. The Morgan fingerprint density at radius 2 is 2.22 bits per heavy atom. The maximum Gasteiger partial charge on any atom is 0.330 e. The molecule has 1 aromatic heterocycles. The van der Waals surface area contributed by atoms with Crippen LogP contribution in [0.5, 0.6) is 0 Å². The third kappa shape index (κ3) is 2.12. The molecule has 0 radical (unpaired) electrons. The molecule has 1 fully saturated rings. The summed E-state index contributed by atoms with van der Waals surface area (Å²) in [5.41, 5.74) is 0.343. The number of hydrogen-bond acceptors (Lipinski definition) is 3. The van der Waals surface area contributed by atoms with Crippen LogP contribution in [0, 0.1) is 6.92 Å². The highest BCUT2D eigenvalue weighted by Gasteiger charge is 2.43. The molecule has 1 aliphatic heterocycles. The van der Waals surface area contributed by atoms with Gasteiger partial charge in [-0.15, -0.1) is 0 Å². The van der Waals surface area contributed by atoms with E-state index in [0.29, 0.717) is 17.9 Å². The lowest BCUT2D eigenvalue weighted by Gasteiger charge is -2.24. The Kier molecular flexibility index (Phi) is 3.38. The molecular formula is C12H16N2O3S. The molecule has 1 atom stereocenters. The van der Waals surface area contributed by atoms with Gasteiger partial charge in [0, 0.05) is 18.5 Å². The summed E-state index contributed by atoms with van der Waals surface area (Å²) in [6, 6.07) is 3.55. The van der Waals surface area contributed by atoms with Crippen molar-refractivity contribution in [2.75, 3.05) is 11.5 Å². The molecule has 2 heterocycles. The van der Waals surface area contributed by atoms with E-state index in [0.717, 1.165) is 11.4 Å². The van der Waals surface area contributed by atoms with E-state index >= 15 is 0 Å². The molecule has 0 unspecified atom stereocenters. The van der Waals surface area contributed by atoms with E-state index in [2.05, 4.69) is 5.32 Å². The molecule has 18 heavy (non-hydrogen) atoms. The van der Waals surface area contributed by atoms with E-state index in [1.807, 2.05) is 13.0 Å². The fourth-order valence-corrected chi connectivity index (χ4v) is 3.33. The minimum Gasteiger partial charge on any atom is -0.479 e. The van der Waals surface area contributed by atoms with Gasteiger partial charge in [0.25, 0.3) is 5.91 Å². The highest BCUT2D eigenvalue weighted by atomic mass is 32.2. The first-order chi connectivity index (χ1) is 8.46. The maximum atomic E-state index is 12.1. The number of carbonyl (C=O) groups excluding carboxylic acids is 1. The Bertz CT molecular complexity index is 490. The molecule has 2 rings (SSSR count). The van der Waals surface area contributed by atoms with E-state index < -0.39 is 11.5 Å². The second-order valence-corrected chi connectivity index (χ2v) is 5.67. The molecule has 2 N–H and O–H groups in total. The average molecular weight is 268 g/mol. The van der Waals surface area contributed by atoms with Crippen molar-refractivity contribution in [3.8, 4) is 0 Å². The van der Waals surface area contributed by atoms with Gasteiger partial charge in [-0.25, -0.2) is 4.79 Å². The van der Waals surface area contributed by atoms with Crippen LogP contribution < -0.4 is 5.32 Å². The van der Waals surface area contributed by atoms with Crippen LogP contribution in [0.4, 0.5) is 0 Å². The van der Waals surface area contributed by atoms with Crippen LogP contribution in [0.25, 0.3) is 0 Å². The molecule has 1 saturated heterocycles. The predicted octanol–water partition coefficient (Wildman–Crippen LogP) is 1.02. The summed E-state index contributed by atoms with van der Waals surface area (Å²) in [6.07, 6.45) is 0.474. The van der Waals surface area contributed by atoms with Gasteiger partial charge in [0.2, 0.25) is 0 Å². The first-order valence-electron chi connectivity index (χ1n) is 5.72. The summed E-state index contributed by atoms with van der Waals surface area (Å²) in [6.45, 7) is 1.90. The van der Waals surface area contributed by atoms with Crippen molar-refractivity contribution >= 4 is 23.6 Å². The predicted molar refractivity (Wildman–Crippen MR) is 69.9 cm³/mol. The Balaban J connectivity index is 2.20. The molecule has 5 nitrogen and oxygen atoms in total. The third-order valence-corrected chi connectivity index (χ3v) is 4.58. The smallest absolute Gasteiger partial charge is 0.330 e. The molecule has 0 aliphatic carbocycles. The molecule has 1 amide bonds. The van der Waals surface area contributed by atoms with Gasteiger partial charge in [-0.3, -0.25) is 4.79 Å². The summed E-state index contributed by atoms with van der Waals surface area (Å²) in [7, 11) is 1.79. The quantitative estimate of drug-likeness (QED) is 0.858. The SMILES string of the molecule is Cc1ccc(C(=O)N[C@]2(C(=O)O)CCSC2)n1C. The number of carboxylic acids is 1. The number of aryl methyl sites for hydroxylation is 1. The fraction of sp³-hybridized carbons (Fsp3) is 0.500. The fourth-order valence-electron chi connectivity index (χ4n) is 2.01. The van der Waals surface area contributed by atoms with Gasteiger partial charge in [-0.2, -0.15) is 11.8 Å². The zero-order valence-electron chi connectivity index (χ0n) is 10.4. The zero-order valence-corrected chi connectivity index (χ0v) is 11.2. The summed E-state index contributed by atoms with van der Waals surface area (Å²) in [4.78, 5) is 23.5. The molecule has 98 valence electrons. The van der Waals surface area contributed by atoms with E-state index in [9.17, 15) is 14.7 Å². The first kappa shape index (κ1) is 13.0. The standard InChI is InChI=1S/C12H16N2O3S/c1-8-3-4-9(14(8)2)10(15)13-12(11(16)17)5-6-18-7-12/h3-4H,5-7H2,1-2H3,(H,13,15)(H,16,17)/t12-/m1/s1. The summed E-state index contributed by atoms with van der Waals surface area (Å²) in [5.74, 6) is -0.0850. The summed E-state index contributed by atoms with van der Waals surface area (Å²) in [5, 5.41) is 12.0. The lowest BCUT2D eigenvalue weighted by atomic mass is 9.99. The number of carbonyl (C=O) groups is 2. The zero-order chi connectivity index (χ0) is 13.3. The van der Waals surface area contributed by atoms with Crippen molar-refractivity contribution in [2.24, 2.45) is 7.05 Å². The minimum atomic E-state index is -1.11. The molecule has 1 aliphatic rings. The number of rotatable bonds is 3. The van der Waals surface area contributed by atoms with E-state index in [4.69, 9.17) is 0 Å². The summed E-state index contributed by atoms with van der Waals surface area (Å²) < 4.78 is 1.76. The Morgan fingerprint density at radius 3 is 2.67 bits per heavy atom. The molecule has 0 bridgehead atoms. The maximum absolute atomic E-state index is 12.1. The second-order valence-electron chi connectivity index (χ2n) is 4.56. The van der Waals surface area contributed by atoms with Crippen molar-refractivity contribution in [3.05, 3.63) is 23.5 Å². The van der Waals surface area contributed by atoms with Crippen LogP contribution in [0.1, 0.15) is 22.6 Å². The number of nitrogens with one attached hydrogen (secondary N) is 1. The highest BCUT2D eigenvalue weighted by molar-refractivity contribution is 7.99. The minimum absolute atomic E-state index is 0.324. The number of carboxylic acid groups (broad SMARTS) is 1. The molecule has 1 aromatic rings. The van der Waals surface area contributed by atoms with Gasteiger partial charge >= 0.3 is 5.97 Å². The Hall–Kier alpha value is -1.43. The second kappa shape index (κ2) is 4.68. The summed E-state index contributed by atoms with van der Waals surface area (Å²) >= 11 is 1.55. The van der Waals surface area contributed by atoms with Crippen LogP contribution in [0.15, 0.2) is 12.1 Å². The van der Waals surface area contributed by atoms with Gasteiger partial charge in [0.1, 0.15) is 11.2 Å². The number of amides is 1. The molecule has 0 saturated carbocycles. The lowest BCUT2D eigenvalue weighted by Crippen LogP contribution is -2.55. The number of aromatic nitrogens is 1. The number of aliphatic carboxylic acids is 1. The Labute approximate surface area is 110 Å². The van der Waals surface area contributed by atoms with Crippen molar-refractivity contribution in [2.45, 2.75) is 18.9 Å². The lowest BCUT2D eigenvalue weighted by molar-refractivity contribution is -0.143. The van der Waals surface area contributed by atoms with Crippen molar-refractivity contribution in [3.63, 3.8) is 0 Å². The van der Waals surface area contributed by atoms with Crippen LogP contribution in [0.3, 0.4) is 0 Å². The Morgan fingerprint density at radius 1 is 1.50 bits per heavy atom. The number of nitrogens with zero attached hydrogens (tertiary/aromatic N) is 1. The van der Waals surface area contributed by atoms with Crippen LogP contribution in [0.2, 0.25) is 0 Å². The van der Waals surface area contributed by atoms with Gasteiger partial charge in [-0.1, -0.05) is 0 Å². The van der Waals surface area contributed by atoms with Crippen LogP contribution in [-0.2, 0) is 11.8 Å². The average Bonchev–Trinajstić information content (AvgIpc) is 2.89. The number of thioether (sulfide) groups is 1. The van der Waals surface area contributed by atoms with Crippen LogP contribution >= 0.6 is 11.8 Å². The number of hydrogen-bond donors (Lipinski definition) is 2. The monoisotopic (exact) mass is 268 g/mol. The topological polar surface area (TPSA) is 71.3 Å². The molecule has 0 spiro atoms. The van der Waals surface area contributed by atoms with E-state index in [1.165, 1.54) is 0 Å². The first-order valence-corrected chi connectivity index (χ1v) is 6.88. The molecule has 6 heteroatoms. The third-order valence-electron chi connectivity index (χ3n) is 3.39. The molecular weight excluding hydrogens is 252 g/mol. The van der Waals surface area contributed by atoms with Gasteiger partial charge in [0.05, 0.1) is 0 Å². The van der Waals surface area contributed by atoms with Gasteiger partial charge < -0.3 is 15.0 Å². The highest BCUT2D eigenvalue weighted by Crippen LogP contribution is 2.28. The largest absolute Gasteiger partial charge is 0.479 e. The van der Waals surface area contributed by atoms with Crippen LogP contribution in [-0.4, -0.2) is 38.6 Å². The van der Waals surface area contributed by atoms with Gasteiger partial charge in [-0.05, 0) is 31.2 Å². The van der Waals surface area contributed by atoms with Gasteiger partial charge in [0.15, 0.2) is 0 Å². The van der Waals surface area contributed by atoms with E-state index in [-0.39, 0.29) is 5.91 Å². The van der Waals surface area contributed by atoms with E-state index in [1.54, 1.807) is 29.4 Å². The van der Waals surface area contributed by atoms with Crippen molar-refractivity contribution in [1.29, 1.82) is 0 Å². The molecule has 0 aromatic carbocycles. The van der Waals surface area contributed by atoms with Crippen molar-refractivity contribution in [1.82, 2.24) is 9.88 Å². The van der Waals surface area contributed by atoms with Crippen molar-refractivity contribution < 1.29 is 14.7 Å².